The van der Waals surface area contributed by atoms with Crippen molar-refractivity contribution in [2.45, 2.75) is 65.6 Å². The molecule has 0 N–H and O–H groups in total. The van der Waals surface area contributed by atoms with Gasteiger partial charge >= 0.3 is 0 Å². The summed E-state index contributed by atoms with van der Waals surface area (Å²) in [7, 11) is 0. The average Bonchev–Trinajstić information content (AvgIpc) is 2.02. The summed E-state index contributed by atoms with van der Waals surface area (Å²) in [5, 5.41) is 0. The number of hydrogen-bond donors (Lipinski definition) is 0. The first-order valence-electron chi connectivity index (χ1n) is 5.39. The van der Waals surface area contributed by atoms with E-state index in [1.807, 2.05) is 0 Å². The zero-order chi connectivity index (χ0) is 10.7. The van der Waals surface area contributed by atoms with E-state index < -0.39 is 0 Å². The van der Waals surface area contributed by atoms with Crippen LogP contribution in [0.2, 0.25) is 0 Å². The predicted octanol–water partition coefficient (Wildman–Crippen LogP) is 5.01. The molecular formula is C12H25Br. The number of alkyl halides is 1. The van der Waals surface area contributed by atoms with Crippen LogP contribution in [0.1, 0.15) is 60.8 Å². The summed E-state index contributed by atoms with van der Waals surface area (Å²) < 4.78 is 0. The van der Waals surface area contributed by atoms with Gasteiger partial charge in [0.15, 0.2) is 0 Å². The highest BCUT2D eigenvalue weighted by Gasteiger charge is 2.29. The van der Waals surface area contributed by atoms with Crippen LogP contribution in [-0.2, 0) is 0 Å². The quantitative estimate of drug-likeness (QED) is 0.614. The lowest BCUT2D eigenvalue weighted by Gasteiger charge is -2.35. The van der Waals surface area contributed by atoms with Crippen molar-refractivity contribution >= 4 is 15.9 Å². The largest absolute Gasteiger partial charge is 0.0885 e. The fourth-order valence-corrected chi connectivity index (χ4v) is 2.06. The summed E-state index contributed by atoms with van der Waals surface area (Å²) in [6, 6.07) is 0. The molecule has 0 aromatic heterocycles. The Labute approximate surface area is 92.6 Å². The molecule has 13 heavy (non-hydrogen) atoms. The van der Waals surface area contributed by atoms with Gasteiger partial charge in [-0.15, -0.1) is 0 Å². The Balaban J connectivity index is 4.25. The molecule has 0 amide bonds. The summed E-state index contributed by atoms with van der Waals surface area (Å²) in [6.07, 6.45) is 3.84. The molecule has 0 fully saturated rings. The minimum atomic E-state index is 0.381. The molecule has 0 nitrogen and oxygen atoms in total. The van der Waals surface area contributed by atoms with Crippen molar-refractivity contribution in [1.82, 2.24) is 0 Å². The van der Waals surface area contributed by atoms with Gasteiger partial charge in [0.1, 0.15) is 0 Å². The van der Waals surface area contributed by atoms with E-state index in [-0.39, 0.29) is 0 Å². The summed E-state index contributed by atoms with van der Waals surface area (Å²) in [6.45, 7) is 13.9. The zero-order valence-corrected chi connectivity index (χ0v) is 11.7. The third-order valence-corrected chi connectivity index (χ3v) is 5.02. The molecule has 0 saturated carbocycles. The molecule has 0 aromatic rings. The second kappa shape index (κ2) is 4.82. The maximum Gasteiger partial charge on any atom is 0.0199 e. The van der Waals surface area contributed by atoms with Gasteiger partial charge in [-0.25, -0.2) is 0 Å². The molecule has 0 spiro atoms. The third-order valence-electron chi connectivity index (χ3n) is 3.32. The van der Waals surface area contributed by atoms with Gasteiger partial charge in [-0.3, -0.25) is 0 Å². The monoisotopic (exact) mass is 248 g/mol. The first kappa shape index (κ1) is 13.5. The molecule has 0 aliphatic rings. The molecule has 0 radical (unpaired) electrons. The normalized spacial score (nSPS) is 15.9. The van der Waals surface area contributed by atoms with Crippen LogP contribution in [0.5, 0.6) is 0 Å². The Morgan fingerprint density at radius 2 is 1.38 bits per heavy atom. The van der Waals surface area contributed by atoms with Gasteiger partial charge in [-0.2, -0.15) is 0 Å². The second-order valence-electron chi connectivity index (χ2n) is 5.56. The van der Waals surface area contributed by atoms with E-state index in [4.69, 9.17) is 0 Å². The van der Waals surface area contributed by atoms with Crippen LogP contribution in [0.4, 0.5) is 0 Å². The Kier molecular flexibility index (Phi) is 4.99. The summed E-state index contributed by atoms with van der Waals surface area (Å²) >= 11 is 3.82. The smallest absolute Gasteiger partial charge is 0.0199 e. The summed E-state index contributed by atoms with van der Waals surface area (Å²) in [5.41, 5.74) is 0.896. The number of hydrogen-bond acceptors (Lipinski definition) is 0. The first-order valence-corrected chi connectivity index (χ1v) is 6.31. The lowest BCUT2D eigenvalue weighted by atomic mass is 9.75. The highest BCUT2D eigenvalue weighted by atomic mass is 79.9. The van der Waals surface area contributed by atoms with E-state index in [9.17, 15) is 0 Å². The summed E-state index contributed by atoms with van der Waals surface area (Å²) in [5.74, 6) is 0. The van der Waals surface area contributed by atoms with E-state index in [1.165, 1.54) is 19.3 Å². The highest BCUT2D eigenvalue weighted by molar-refractivity contribution is 9.09. The molecule has 0 bridgehead atoms. The van der Waals surface area contributed by atoms with Crippen molar-refractivity contribution in [3.8, 4) is 0 Å². The maximum absolute atomic E-state index is 3.82. The highest BCUT2D eigenvalue weighted by Crippen LogP contribution is 2.39. The standard InChI is InChI=1S/C12H25Br/c1-7-12(6,8-2)9-10(13)11(3,4)5/h10H,7-9H2,1-6H3. The van der Waals surface area contributed by atoms with E-state index >= 15 is 0 Å². The molecule has 0 aromatic carbocycles. The Bertz CT molecular complexity index is 140. The van der Waals surface area contributed by atoms with Crippen LogP contribution in [0.25, 0.3) is 0 Å². The van der Waals surface area contributed by atoms with Gasteiger partial charge in [0.05, 0.1) is 0 Å². The molecular weight excluding hydrogens is 224 g/mol. The lowest BCUT2D eigenvalue weighted by Crippen LogP contribution is -2.28. The topological polar surface area (TPSA) is 0 Å². The molecule has 0 heterocycles. The van der Waals surface area contributed by atoms with Crippen molar-refractivity contribution in [2.75, 3.05) is 0 Å². The van der Waals surface area contributed by atoms with Gasteiger partial charge in [0.2, 0.25) is 0 Å². The predicted molar refractivity (Wildman–Crippen MR) is 65.5 cm³/mol. The number of rotatable bonds is 4. The van der Waals surface area contributed by atoms with E-state index in [2.05, 4.69) is 57.5 Å². The molecule has 0 aliphatic heterocycles. The van der Waals surface area contributed by atoms with Crippen LogP contribution < -0.4 is 0 Å². The van der Waals surface area contributed by atoms with Crippen LogP contribution >= 0.6 is 15.9 Å². The first-order chi connectivity index (χ1) is 5.75. The fourth-order valence-electron chi connectivity index (χ4n) is 1.28. The fraction of sp³-hybridized carbons (Fsp3) is 1.00. The van der Waals surface area contributed by atoms with Crippen LogP contribution in [0, 0.1) is 10.8 Å². The molecule has 1 heteroatoms. The van der Waals surface area contributed by atoms with Gasteiger partial charge in [-0.05, 0) is 17.3 Å². The molecule has 1 unspecified atom stereocenters. The van der Waals surface area contributed by atoms with Gasteiger partial charge in [0, 0.05) is 4.83 Å². The molecule has 0 saturated heterocycles. The molecule has 1 atom stereocenters. The van der Waals surface area contributed by atoms with Crippen molar-refractivity contribution in [3.63, 3.8) is 0 Å². The van der Waals surface area contributed by atoms with Crippen molar-refractivity contribution < 1.29 is 0 Å². The molecule has 0 rings (SSSR count). The van der Waals surface area contributed by atoms with E-state index in [1.54, 1.807) is 0 Å². The van der Waals surface area contributed by atoms with Crippen molar-refractivity contribution in [3.05, 3.63) is 0 Å². The van der Waals surface area contributed by atoms with Gasteiger partial charge in [0.25, 0.3) is 0 Å². The van der Waals surface area contributed by atoms with Crippen LogP contribution in [-0.4, -0.2) is 4.83 Å². The maximum atomic E-state index is 3.82. The van der Waals surface area contributed by atoms with Crippen molar-refractivity contribution in [1.29, 1.82) is 0 Å². The van der Waals surface area contributed by atoms with Crippen molar-refractivity contribution in [2.24, 2.45) is 10.8 Å². The molecule has 80 valence electrons. The third kappa shape index (κ3) is 4.49. The van der Waals surface area contributed by atoms with Gasteiger partial charge in [-0.1, -0.05) is 70.3 Å². The SMILES string of the molecule is CCC(C)(CC)CC(Br)C(C)(C)C. The Morgan fingerprint density at radius 3 is 1.62 bits per heavy atom. The van der Waals surface area contributed by atoms with E-state index in [0.717, 1.165) is 0 Å². The minimum absolute atomic E-state index is 0.381. The zero-order valence-electron chi connectivity index (χ0n) is 10.1. The summed E-state index contributed by atoms with van der Waals surface area (Å²) in [4.78, 5) is 0.630. The average molecular weight is 249 g/mol. The lowest BCUT2D eigenvalue weighted by molar-refractivity contribution is 0.229. The van der Waals surface area contributed by atoms with E-state index in [0.29, 0.717) is 15.7 Å². The Hall–Kier alpha value is 0.480. The second-order valence-corrected chi connectivity index (χ2v) is 6.66. The number of halogens is 1. The molecule has 0 aliphatic carbocycles. The van der Waals surface area contributed by atoms with Crippen LogP contribution in [0.15, 0.2) is 0 Å². The Morgan fingerprint density at radius 1 is 1.00 bits per heavy atom. The van der Waals surface area contributed by atoms with Crippen LogP contribution in [0.3, 0.4) is 0 Å². The van der Waals surface area contributed by atoms with Gasteiger partial charge < -0.3 is 0 Å². The minimum Gasteiger partial charge on any atom is -0.0885 e.